The minimum atomic E-state index is -5.12. The normalized spacial score (nSPS) is 15.4. The molecule has 2 aromatic rings. The maximum absolute atomic E-state index is 14.4. The summed E-state index contributed by atoms with van der Waals surface area (Å²) in [5.74, 6) is -4.78. The van der Waals surface area contributed by atoms with Gasteiger partial charge in [0.1, 0.15) is 11.8 Å². The van der Waals surface area contributed by atoms with Crippen LogP contribution in [0.4, 0.5) is 28.9 Å². The molecular formula is C21H20F4N6O4. The van der Waals surface area contributed by atoms with Gasteiger partial charge in [0.15, 0.2) is 11.6 Å². The Kier molecular flexibility index (Phi) is 7.52. The maximum atomic E-state index is 14.4. The Morgan fingerprint density at radius 2 is 1.97 bits per heavy atom. The van der Waals surface area contributed by atoms with Crippen LogP contribution in [0.1, 0.15) is 18.4 Å². The van der Waals surface area contributed by atoms with E-state index in [0.29, 0.717) is 6.42 Å². The number of carbonyl (C=O) groups is 3. The lowest BCUT2D eigenvalue weighted by Crippen LogP contribution is -2.45. The third kappa shape index (κ3) is 6.22. The Morgan fingerprint density at radius 1 is 1.23 bits per heavy atom. The number of rotatable bonds is 8. The molecule has 1 aliphatic heterocycles. The Morgan fingerprint density at radius 3 is 2.66 bits per heavy atom. The van der Waals surface area contributed by atoms with E-state index in [1.807, 2.05) is 0 Å². The van der Waals surface area contributed by atoms with Crippen LogP contribution in [-0.2, 0) is 14.4 Å². The highest BCUT2D eigenvalue weighted by atomic mass is 19.4. The van der Waals surface area contributed by atoms with Gasteiger partial charge in [0.2, 0.25) is 11.8 Å². The number of halogens is 4. The Hall–Kier alpha value is -4.23. The molecule has 1 saturated heterocycles. The zero-order valence-electron chi connectivity index (χ0n) is 18.0. The maximum Gasteiger partial charge on any atom is 0.573 e. The van der Waals surface area contributed by atoms with Crippen molar-refractivity contribution in [2.45, 2.75) is 25.2 Å². The van der Waals surface area contributed by atoms with Crippen LogP contribution in [0.3, 0.4) is 0 Å². The lowest BCUT2D eigenvalue weighted by molar-refractivity contribution is -0.275. The predicted molar refractivity (Wildman–Crippen MR) is 115 cm³/mol. The van der Waals surface area contributed by atoms with Gasteiger partial charge in [0.05, 0.1) is 12.2 Å². The van der Waals surface area contributed by atoms with E-state index in [1.54, 1.807) is 0 Å². The third-order valence-electron chi connectivity index (χ3n) is 5.09. The summed E-state index contributed by atoms with van der Waals surface area (Å²) in [6, 6.07) is 3.36. The lowest BCUT2D eigenvalue weighted by atomic mass is 10.1. The molecule has 1 aliphatic rings. The van der Waals surface area contributed by atoms with Gasteiger partial charge in [-0.05, 0) is 31.0 Å². The van der Waals surface area contributed by atoms with E-state index in [9.17, 15) is 31.9 Å². The van der Waals surface area contributed by atoms with Gasteiger partial charge in [-0.15, -0.1) is 13.2 Å². The Bertz CT molecular complexity index is 1160. The molecule has 10 nitrogen and oxygen atoms in total. The number of aromatic nitrogens is 1. The van der Waals surface area contributed by atoms with Crippen LogP contribution in [0.25, 0.3) is 0 Å². The molecule has 3 amide bonds. The predicted octanol–water partition coefficient (Wildman–Crippen LogP) is 2.01. The number of primary amides is 1. The number of hydrogen-bond acceptors (Lipinski definition) is 7. The number of nitrogens with one attached hydrogen (secondary N) is 3. The first-order valence-electron chi connectivity index (χ1n) is 10.2. The molecule has 2 heterocycles. The molecule has 35 heavy (non-hydrogen) atoms. The number of nitrogens with zero attached hydrogens (tertiary/aromatic N) is 2. The van der Waals surface area contributed by atoms with E-state index in [0.717, 1.165) is 18.2 Å². The van der Waals surface area contributed by atoms with Crippen molar-refractivity contribution in [2.24, 2.45) is 5.73 Å². The lowest BCUT2D eigenvalue weighted by Gasteiger charge is -2.25. The minimum Gasteiger partial charge on any atom is -0.403 e. The number of ether oxygens (including phenoxy) is 1. The molecule has 1 aromatic heterocycles. The van der Waals surface area contributed by atoms with Gasteiger partial charge in [0.25, 0.3) is 5.91 Å². The first kappa shape index (κ1) is 25.4. The minimum absolute atomic E-state index is 0.0833. The van der Waals surface area contributed by atoms with Gasteiger partial charge < -0.3 is 26.0 Å². The number of amides is 3. The van der Waals surface area contributed by atoms with Gasteiger partial charge in [-0.3, -0.25) is 24.8 Å². The first-order valence-corrected chi connectivity index (χ1v) is 10.2. The molecule has 0 unspecified atom stereocenters. The van der Waals surface area contributed by atoms with Crippen molar-refractivity contribution in [1.29, 1.82) is 5.41 Å². The number of anilines is 2. The van der Waals surface area contributed by atoms with E-state index >= 15 is 0 Å². The summed E-state index contributed by atoms with van der Waals surface area (Å²) in [4.78, 5) is 41.9. The standard InChI is InChI=1S/C21H20F4N6O4/c22-17-13(3-1-5-15(17)35-21(23,24)25)30-20(34)14-4-2-8-31(14)16(32)10-29-12-6-7-28-9-11(12)18(26)19(27)33/h1,3,5-7,9,14,26H,2,4,8,10H2,(H2,27,33)(H,28,29)(H,30,34)/t14-/m0/s1. The number of nitrogens with two attached hydrogens (primary N) is 1. The molecular weight excluding hydrogens is 476 g/mol. The molecule has 0 aliphatic carbocycles. The molecule has 1 atom stereocenters. The highest BCUT2D eigenvalue weighted by molar-refractivity contribution is 6.44. The summed E-state index contributed by atoms with van der Waals surface area (Å²) in [7, 11) is 0. The molecule has 3 rings (SSSR count). The van der Waals surface area contributed by atoms with Gasteiger partial charge >= 0.3 is 6.36 Å². The van der Waals surface area contributed by atoms with Crippen LogP contribution in [0, 0.1) is 11.2 Å². The zero-order valence-corrected chi connectivity index (χ0v) is 18.0. The van der Waals surface area contributed by atoms with Crippen molar-refractivity contribution in [1.82, 2.24) is 9.88 Å². The first-order chi connectivity index (χ1) is 16.5. The van der Waals surface area contributed by atoms with E-state index < -0.39 is 53.1 Å². The number of carbonyl (C=O) groups excluding carboxylic acids is 3. The molecule has 5 N–H and O–H groups in total. The zero-order chi connectivity index (χ0) is 25.8. The second kappa shape index (κ2) is 10.4. The SMILES string of the molecule is N=C(C(N)=O)c1cnccc1NCC(=O)N1CCC[C@H]1C(=O)Nc1cccc(OC(F)(F)F)c1F. The van der Waals surface area contributed by atoms with Crippen LogP contribution < -0.4 is 21.1 Å². The summed E-state index contributed by atoms with van der Waals surface area (Å²) in [6.45, 7) is -0.0886. The highest BCUT2D eigenvalue weighted by Crippen LogP contribution is 2.30. The number of alkyl halides is 3. The summed E-state index contributed by atoms with van der Waals surface area (Å²) in [5.41, 5.74) is 4.43. The van der Waals surface area contributed by atoms with Gasteiger partial charge in [-0.1, -0.05) is 6.07 Å². The van der Waals surface area contributed by atoms with Gasteiger partial charge in [0, 0.05) is 30.2 Å². The summed E-state index contributed by atoms with van der Waals surface area (Å²) >= 11 is 0. The summed E-state index contributed by atoms with van der Waals surface area (Å²) in [6.07, 6.45) is -1.78. The molecule has 0 radical (unpaired) electrons. The fourth-order valence-electron chi connectivity index (χ4n) is 3.52. The molecule has 0 saturated carbocycles. The van der Waals surface area contributed by atoms with E-state index in [2.05, 4.69) is 20.4 Å². The van der Waals surface area contributed by atoms with Crippen LogP contribution in [0.2, 0.25) is 0 Å². The van der Waals surface area contributed by atoms with E-state index in [1.165, 1.54) is 23.4 Å². The van der Waals surface area contributed by atoms with Gasteiger partial charge in [-0.25, -0.2) is 4.39 Å². The van der Waals surface area contributed by atoms with Crippen LogP contribution in [0.5, 0.6) is 5.75 Å². The van der Waals surface area contributed by atoms with Crippen LogP contribution in [-0.4, -0.2) is 58.8 Å². The number of hydrogen-bond donors (Lipinski definition) is 4. The van der Waals surface area contributed by atoms with E-state index in [-0.39, 0.29) is 30.8 Å². The average molecular weight is 496 g/mol. The van der Waals surface area contributed by atoms with Crippen molar-refractivity contribution in [3.8, 4) is 5.75 Å². The highest BCUT2D eigenvalue weighted by Gasteiger charge is 2.35. The molecule has 1 fully saturated rings. The monoisotopic (exact) mass is 496 g/mol. The molecule has 0 spiro atoms. The summed E-state index contributed by atoms with van der Waals surface area (Å²) in [5, 5.41) is 12.7. The Balaban J connectivity index is 1.68. The third-order valence-corrected chi connectivity index (χ3v) is 5.09. The number of pyridine rings is 1. The second-order valence-electron chi connectivity index (χ2n) is 7.41. The van der Waals surface area contributed by atoms with Crippen molar-refractivity contribution in [2.75, 3.05) is 23.7 Å². The van der Waals surface area contributed by atoms with E-state index in [4.69, 9.17) is 11.1 Å². The fourth-order valence-corrected chi connectivity index (χ4v) is 3.52. The van der Waals surface area contributed by atoms with Gasteiger partial charge in [-0.2, -0.15) is 0 Å². The summed E-state index contributed by atoms with van der Waals surface area (Å²) < 4.78 is 55.3. The van der Waals surface area contributed by atoms with Crippen molar-refractivity contribution >= 4 is 34.8 Å². The topological polar surface area (TPSA) is 150 Å². The molecule has 0 bridgehead atoms. The molecule has 14 heteroatoms. The smallest absolute Gasteiger partial charge is 0.403 e. The number of likely N-dealkylation sites (tertiary alicyclic amines) is 1. The second-order valence-corrected chi connectivity index (χ2v) is 7.41. The van der Waals surface area contributed by atoms with Crippen LogP contribution in [0.15, 0.2) is 36.7 Å². The quantitative estimate of drug-likeness (QED) is 0.324. The molecule has 1 aromatic carbocycles. The largest absolute Gasteiger partial charge is 0.573 e. The average Bonchev–Trinajstić information content (AvgIpc) is 3.29. The van der Waals surface area contributed by atoms with Crippen molar-refractivity contribution in [3.05, 3.63) is 48.0 Å². The number of benzene rings is 1. The fraction of sp³-hybridized carbons (Fsp3) is 0.286. The molecule has 186 valence electrons. The van der Waals surface area contributed by atoms with Crippen molar-refractivity contribution < 1.29 is 36.7 Å². The van der Waals surface area contributed by atoms with Crippen molar-refractivity contribution in [3.63, 3.8) is 0 Å². The Labute approximate surface area is 195 Å². The van der Waals surface area contributed by atoms with Crippen LogP contribution >= 0.6 is 0 Å².